The van der Waals surface area contributed by atoms with Crippen molar-refractivity contribution in [3.05, 3.63) is 72.6 Å². The van der Waals surface area contributed by atoms with Gasteiger partial charge < -0.3 is 9.80 Å². The standard InChI is InChI=1S/C24H28FN5O2/c1-5-21(31)29-13-12-28(15-17(29)4)23(32)24(16(2)3)14-20(18-6-8-19(25)9-7-18)27-30-11-10-26-22(24)30/h5-11,14,16-17,27H,1,12-13,15H2,2-4H3/t17-,24?/m0/s1. The fourth-order valence-electron chi connectivity index (χ4n) is 4.61. The van der Waals surface area contributed by atoms with Gasteiger partial charge in [-0.2, -0.15) is 0 Å². The summed E-state index contributed by atoms with van der Waals surface area (Å²) in [5, 5.41) is 0. The molecular weight excluding hydrogens is 409 g/mol. The maximum atomic E-state index is 14.1. The van der Waals surface area contributed by atoms with Crippen LogP contribution in [0.3, 0.4) is 0 Å². The van der Waals surface area contributed by atoms with Gasteiger partial charge in [0.15, 0.2) is 0 Å². The van der Waals surface area contributed by atoms with Gasteiger partial charge in [-0.15, -0.1) is 0 Å². The predicted octanol–water partition coefficient (Wildman–Crippen LogP) is 2.76. The summed E-state index contributed by atoms with van der Waals surface area (Å²) in [4.78, 5) is 34.3. The molecule has 2 atom stereocenters. The maximum absolute atomic E-state index is 14.1. The van der Waals surface area contributed by atoms with Crippen molar-refractivity contribution in [2.24, 2.45) is 5.92 Å². The highest BCUT2D eigenvalue weighted by Gasteiger charge is 2.50. The van der Waals surface area contributed by atoms with Gasteiger partial charge in [0.05, 0.1) is 5.70 Å². The minimum absolute atomic E-state index is 0.0568. The lowest BCUT2D eigenvalue weighted by atomic mass is 9.73. The lowest BCUT2D eigenvalue weighted by Crippen LogP contribution is -2.60. The number of nitrogens with one attached hydrogen (secondary N) is 1. The van der Waals surface area contributed by atoms with E-state index in [-0.39, 0.29) is 29.6 Å². The second-order valence-corrected chi connectivity index (χ2v) is 8.66. The summed E-state index contributed by atoms with van der Waals surface area (Å²) in [6.45, 7) is 10.8. The molecule has 2 amide bonds. The number of fused-ring (bicyclic) bond motifs is 1. The molecule has 1 unspecified atom stereocenters. The van der Waals surface area contributed by atoms with Crippen molar-refractivity contribution in [2.75, 3.05) is 25.1 Å². The Morgan fingerprint density at radius 1 is 1.28 bits per heavy atom. The molecule has 32 heavy (non-hydrogen) atoms. The SMILES string of the molecule is C=CC(=O)N1CCN(C(=O)C2(C(C)C)C=C(c3ccc(F)cc3)Nn3ccnc32)C[C@@H]1C. The first kappa shape index (κ1) is 21.8. The fraction of sp³-hybridized carbons (Fsp3) is 0.375. The molecule has 0 saturated carbocycles. The quantitative estimate of drug-likeness (QED) is 0.747. The lowest BCUT2D eigenvalue weighted by molar-refractivity contribution is -0.144. The summed E-state index contributed by atoms with van der Waals surface area (Å²) in [5.74, 6) is 0.00995. The third-order valence-corrected chi connectivity index (χ3v) is 6.42. The van der Waals surface area contributed by atoms with E-state index in [4.69, 9.17) is 0 Å². The van der Waals surface area contributed by atoms with Crippen molar-refractivity contribution >= 4 is 17.5 Å². The number of piperazine rings is 1. The molecule has 1 aromatic carbocycles. The van der Waals surface area contributed by atoms with E-state index in [1.165, 1.54) is 18.2 Å². The molecule has 0 spiro atoms. The number of aromatic nitrogens is 2. The number of benzene rings is 1. The van der Waals surface area contributed by atoms with E-state index in [0.717, 1.165) is 5.56 Å². The van der Waals surface area contributed by atoms with E-state index in [1.54, 1.807) is 34.1 Å². The second-order valence-electron chi connectivity index (χ2n) is 8.66. The molecule has 7 nitrogen and oxygen atoms in total. The zero-order valence-corrected chi connectivity index (χ0v) is 18.6. The zero-order chi connectivity index (χ0) is 23.0. The average Bonchev–Trinajstić information content (AvgIpc) is 3.26. The van der Waals surface area contributed by atoms with Crippen LogP contribution in [0.2, 0.25) is 0 Å². The van der Waals surface area contributed by atoms with Crippen molar-refractivity contribution in [3.63, 3.8) is 0 Å². The van der Waals surface area contributed by atoms with Crippen molar-refractivity contribution in [1.82, 2.24) is 19.5 Å². The number of hydrogen-bond donors (Lipinski definition) is 1. The first-order valence-electron chi connectivity index (χ1n) is 10.8. The Hall–Kier alpha value is -3.42. The third kappa shape index (κ3) is 3.49. The third-order valence-electron chi connectivity index (χ3n) is 6.42. The van der Waals surface area contributed by atoms with E-state index in [1.807, 2.05) is 31.7 Å². The minimum atomic E-state index is -1.01. The summed E-state index contributed by atoms with van der Waals surface area (Å²) in [6.07, 6.45) is 6.67. The molecule has 2 aliphatic rings. The number of imidazole rings is 1. The summed E-state index contributed by atoms with van der Waals surface area (Å²) in [6, 6.07) is 6.06. The van der Waals surface area contributed by atoms with Crippen LogP contribution >= 0.6 is 0 Å². The smallest absolute Gasteiger partial charge is 0.246 e. The van der Waals surface area contributed by atoms with Gasteiger partial charge in [-0.05, 0) is 54.8 Å². The molecule has 2 aliphatic heterocycles. The Balaban J connectivity index is 1.74. The number of carbonyl (C=O) groups excluding carboxylic acids is 2. The fourth-order valence-corrected chi connectivity index (χ4v) is 4.61. The number of rotatable bonds is 4. The van der Waals surface area contributed by atoms with Crippen molar-refractivity contribution in [1.29, 1.82) is 0 Å². The number of nitrogens with zero attached hydrogens (tertiary/aromatic N) is 4. The minimum Gasteiger partial charge on any atom is -0.338 e. The second kappa shape index (κ2) is 8.26. The number of amides is 2. The highest BCUT2D eigenvalue weighted by atomic mass is 19.1. The zero-order valence-electron chi connectivity index (χ0n) is 18.6. The van der Waals surface area contributed by atoms with Crippen LogP contribution in [0.1, 0.15) is 32.2 Å². The molecule has 1 aromatic heterocycles. The van der Waals surface area contributed by atoms with Gasteiger partial charge in [-0.1, -0.05) is 20.4 Å². The Kier molecular flexibility index (Phi) is 5.62. The van der Waals surface area contributed by atoms with Crippen LogP contribution in [0.25, 0.3) is 5.70 Å². The Bertz CT molecular complexity index is 1070. The van der Waals surface area contributed by atoms with Crippen LogP contribution in [0.5, 0.6) is 0 Å². The number of halogens is 1. The molecular formula is C24H28FN5O2. The molecule has 3 heterocycles. The Labute approximate surface area is 187 Å². The summed E-state index contributed by atoms with van der Waals surface area (Å²) in [7, 11) is 0. The summed E-state index contributed by atoms with van der Waals surface area (Å²) >= 11 is 0. The molecule has 168 valence electrons. The van der Waals surface area contributed by atoms with Crippen molar-refractivity contribution in [3.8, 4) is 0 Å². The maximum Gasteiger partial charge on any atom is 0.246 e. The molecule has 0 bridgehead atoms. The molecule has 1 fully saturated rings. The van der Waals surface area contributed by atoms with Crippen LogP contribution in [0.15, 0.2) is 55.4 Å². The van der Waals surface area contributed by atoms with Gasteiger partial charge in [-0.25, -0.2) is 14.1 Å². The molecule has 0 radical (unpaired) electrons. The van der Waals surface area contributed by atoms with Crippen LogP contribution in [-0.4, -0.2) is 57.0 Å². The molecule has 2 aromatic rings. The van der Waals surface area contributed by atoms with E-state index in [0.29, 0.717) is 31.2 Å². The topological polar surface area (TPSA) is 70.5 Å². The van der Waals surface area contributed by atoms with E-state index < -0.39 is 5.41 Å². The molecule has 8 heteroatoms. The van der Waals surface area contributed by atoms with Gasteiger partial charge in [-0.3, -0.25) is 15.0 Å². The van der Waals surface area contributed by atoms with Crippen LogP contribution in [-0.2, 0) is 15.0 Å². The van der Waals surface area contributed by atoms with Gasteiger partial charge in [0, 0.05) is 38.1 Å². The average molecular weight is 438 g/mol. The highest BCUT2D eigenvalue weighted by molar-refractivity contribution is 5.94. The van der Waals surface area contributed by atoms with E-state index >= 15 is 0 Å². The van der Waals surface area contributed by atoms with Crippen LogP contribution in [0.4, 0.5) is 4.39 Å². The van der Waals surface area contributed by atoms with Gasteiger partial charge in [0.25, 0.3) is 0 Å². The van der Waals surface area contributed by atoms with Gasteiger partial charge in [0.1, 0.15) is 17.1 Å². The largest absolute Gasteiger partial charge is 0.338 e. The van der Waals surface area contributed by atoms with Crippen LogP contribution < -0.4 is 5.43 Å². The summed E-state index contributed by atoms with van der Waals surface area (Å²) in [5.41, 5.74) is 3.76. The van der Waals surface area contributed by atoms with Gasteiger partial charge >= 0.3 is 0 Å². The van der Waals surface area contributed by atoms with E-state index in [9.17, 15) is 14.0 Å². The van der Waals surface area contributed by atoms with Crippen LogP contribution in [0, 0.1) is 11.7 Å². The molecule has 1 N–H and O–H groups in total. The van der Waals surface area contributed by atoms with Gasteiger partial charge in [0.2, 0.25) is 11.8 Å². The molecule has 1 saturated heterocycles. The lowest BCUT2D eigenvalue weighted by Gasteiger charge is -2.45. The first-order chi connectivity index (χ1) is 15.3. The monoisotopic (exact) mass is 437 g/mol. The summed E-state index contributed by atoms with van der Waals surface area (Å²) < 4.78 is 15.3. The predicted molar refractivity (Wildman–Crippen MR) is 120 cm³/mol. The Morgan fingerprint density at radius 3 is 2.62 bits per heavy atom. The first-order valence-corrected chi connectivity index (χ1v) is 10.8. The van der Waals surface area contributed by atoms with E-state index in [2.05, 4.69) is 17.0 Å². The number of carbonyl (C=O) groups is 2. The molecule has 4 rings (SSSR count). The normalized spacial score (nSPS) is 22.8. The van der Waals surface area contributed by atoms with Crippen molar-refractivity contribution < 1.29 is 14.0 Å². The number of hydrogen-bond acceptors (Lipinski definition) is 4. The molecule has 0 aliphatic carbocycles. The highest BCUT2D eigenvalue weighted by Crippen LogP contribution is 2.40. The van der Waals surface area contributed by atoms with Crippen molar-refractivity contribution in [2.45, 2.75) is 32.2 Å². The Morgan fingerprint density at radius 2 is 2.00 bits per heavy atom.